The first kappa shape index (κ1) is 12.7. The van der Waals surface area contributed by atoms with Gasteiger partial charge in [-0.25, -0.2) is 18.9 Å². The first-order valence-electron chi connectivity index (χ1n) is 2.57. The summed E-state index contributed by atoms with van der Waals surface area (Å²) in [6, 6.07) is 0. The van der Waals surface area contributed by atoms with Crippen molar-refractivity contribution in [1.82, 2.24) is 0 Å². The van der Waals surface area contributed by atoms with Crippen LogP contribution < -0.4 is 0 Å². The standard InChI is InChI=1S/C7H12S.Y/c1-5-6(2)7(3)8-4;/h1,3,5H2,2,4H3;/q-2;/b7-6+;. The summed E-state index contributed by atoms with van der Waals surface area (Å²) in [7, 11) is 0. The van der Waals surface area contributed by atoms with Crippen LogP contribution in [-0.2, 0) is 32.7 Å². The molecule has 0 aliphatic heterocycles. The fraction of sp³-hybridized carbons (Fsp3) is 0.429. The molecule has 0 amide bonds. The average molecular weight is 217 g/mol. The summed E-state index contributed by atoms with van der Waals surface area (Å²) in [5, 5.41) is 0. The first-order chi connectivity index (χ1) is 3.72. The monoisotopic (exact) mass is 217 g/mol. The minimum atomic E-state index is 0. The Balaban J connectivity index is 0. The van der Waals surface area contributed by atoms with E-state index in [4.69, 9.17) is 0 Å². The summed E-state index contributed by atoms with van der Waals surface area (Å²) in [5.74, 6) is 0. The van der Waals surface area contributed by atoms with Gasteiger partial charge in [0, 0.05) is 32.7 Å². The second-order valence-electron chi connectivity index (χ2n) is 1.66. The smallest absolute Gasteiger partial charge is 0 e. The van der Waals surface area contributed by atoms with E-state index >= 15 is 0 Å². The van der Waals surface area contributed by atoms with Gasteiger partial charge in [0.15, 0.2) is 0 Å². The number of hydrogen-bond donors (Lipinski definition) is 0. The zero-order chi connectivity index (χ0) is 6.57. The largest absolute Gasteiger partial charge is 0.356 e. The molecule has 1 radical (unpaired) electrons. The molecular weight excluding hydrogens is 205 g/mol. The molecule has 9 heavy (non-hydrogen) atoms. The summed E-state index contributed by atoms with van der Waals surface area (Å²) < 4.78 is 0. The Bertz CT molecular complexity index is 85.1. The van der Waals surface area contributed by atoms with Crippen LogP contribution in [0.25, 0.3) is 0 Å². The fourth-order valence-electron chi connectivity index (χ4n) is 0.314. The van der Waals surface area contributed by atoms with Crippen LogP contribution in [0.5, 0.6) is 0 Å². The van der Waals surface area contributed by atoms with E-state index in [-0.39, 0.29) is 32.7 Å². The van der Waals surface area contributed by atoms with Crippen LogP contribution in [0, 0.1) is 13.8 Å². The normalized spacial score (nSPS) is 11.9. The molecule has 0 aromatic rings. The SMILES string of the molecule is [CH2-]C/C(C)=C(\[CH2-])SC.[Y]. The van der Waals surface area contributed by atoms with E-state index in [0.717, 1.165) is 11.3 Å². The second-order valence-corrected chi connectivity index (χ2v) is 2.56. The maximum atomic E-state index is 3.83. The van der Waals surface area contributed by atoms with E-state index in [1.807, 2.05) is 6.26 Å². The van der Waals surface area contributed by atoms with E-state index in [1.165, 1.54) is 5.57 Å². The molecule has 0 aromatic heterocycles. The van der Waals surface area contributed by atoms with Gasteiger partial charge in [0.05, 0.1) is 0 Å². The van der Waals surface area contributed by atoms with Crippen molar-refractivity contribution in [3.63, 3.8) is 0 Å². The maximum Gasteiger partial charge on any atom is 0 e. The van der Waals surface area contributed by atoms with Gasteiger partial charge in [0.1, 0.15) is 0 Å². The Morgan fingerprint density at radius 1 is 1.56 bits per heavy atom. The van der Waals surface area contributed by atoms with Gasteiger partial charge in [0.25, 0.3) is 0 Å². The minimum absolute atomic E-state index is 0. The molecule has 0 aliphatic rings. The van der Waals surface area contributed by atoms with Crippen LogP contribution in [0.15, 0.2) is 10.5 Å². The minimum Gasteiger partial charge on any atom is -0.356 e. The molecule has 0 unspecified atom stereocenters. The quantitative estimate of drug-likeness (QED) is 0.641. The molecule has 51 valence electrons. The van der Waals surface area contributed by atoms with E-state index in [9.17, 15) is 0 Å². The molecule has 0 fully saturated rings. The zero-order valence-electron chi connectivity index (χ0n) is 6.11. The summed E-state index contributed by atoms with van der Waals surface area (Å²) in [4.78, 5) is 1.15. The van der Waals surface area contributed by atoms with Crippen molar-refractivity contribution in [2.75, 3.05) is 6.26 Å². The molecule has 0 nitrogen and oxygen atoms in total. The van der Waals surface area contributed by atoms with Crippen LogP contribution in [0.2, 0.25) is 0 Å². The molecule has 0 rings (SSSR count). The molecule has 0 aliphatic carbocycles. The van der Waals surface area contributed by atoms with E-state index in [0.29, 0.717) is 0 Å². The second kappa shape index (κ2) is 7.17. The average Bonchev–Trinajstić information content (AvgIpc) is 1.84. The van der Waals surface area contributed by atoms with Crippen LogP contribution >= 0.6 is 11.8 Å². The maximum absolute atomic E-state index is 3.83. The van der Waals surface area contributed by atoms with Gasteiger partial charge in [-0.05, 0) is 6.26 Å². The van der Waals surface area contributed by atoms with Gasteiger partial charge in [-0.3, -0.25) is 0 Å². The van der Waals surface area contributed by atoms with Crippen LogP contribution in [0.3, 0.4) is 0 Å². The predicted octanol–water partition coefficient (Wildman–Crippen LogP) is 2.68. The molecule has 0 aromatic carbocycles. The number of thioether (sulfide) groups is 1. The third kappa shape index (κ3) is 5.51. The molecule has 0 bridgehead atoms. The Labute approximate surface area is 87.7 Å². The summed E-state index contributed by atoms with van der Waals surface area (Å²) >= 11 is 1.69. The van der Waals surface area contributed by atoms with Crippen LogP contribution in [0.1, 0.15) is 13.3 Å². The Morgan fingerprint density at radius 2 is 2.00 bits per heavy atom. The fourth-order valence-corrected chi connectivity index (χ4v) is 0.764. The molecule has 2 heteroatoms. The Morgan fingerprint density at radius 3 is 2.11 bits per heavy atom. The first-order valence-corrected chi connectivity index (χ1v) is 3.79. The van der Waals surface area contributed by atoms with E-state index in [1.54, 1.807) is 11.8 Å². The molecule has 0 heterocycles. The van der Waals surface area contributed by atoms with Crippen LogP contribution in [0.4, 0.5) is 0 Å². The third-order valence-electron chi connectivity index (χ3n) is 1.10. The van der Waals surface area contributed by atoms with Crippen molar-refractivity contribution in [2.24, 2.45) is 0 Å². The van der Waals surface area contributed by atoms with E-state index in [2.05, 4.69) is 20.8 Å². The summed E-state index contributed by atoms with van der Waals surface area (Å²) in [6.45, 7) is 9.63. The van der Waals surface area contributed by atoms with Gasteiger partial charge >= 0.3 is 0 Å². The van der Waals surface area contributed by atoms with Crippen LogP contribution in [-0.4, -0.2) is 6.26 Å². The predicted molar refractivity (Wildman–Crippen MR) is 41.5 cm³/mol. The van der Waals surface area contributed by atoms with Gasteiger partial charge in [-0.1, -0.05) is 0 Å². The number of allylic oxidation sites excluding steroid dienone is 2. The summed E-state index contributed by atoms with van der Waals surface area (Å²) in [6.07, 6.45) is 2.90. The summed E-state index contributed by atoms with van der Waals surface area (Å²) in [5.41, 5.74) is 1.29. The molecular formula is C7H12SY-2. The Kier molecular flexibility index (Phi) is 10.1. The Hall–Kier alpha value is 1.06. The zero-order valence-corrected chi connectivity index (χ0v) is 9.76. The van der Waals surface area contributed by atoms with Gasteiger partial charge in [-0.15, -0.1) is 6.92 Å². The molecule has 0 N–H and O–H groups in total. The van der Waals surface area contributed by atoms with Gasteiger partial charge in [-0.2, -0.15) is 16.7 Å². The van der Waals surface area contributed by atoms with Gasteiger partial charge in [0.2, 0.25) is 0 Å². The topological polar surface area (TPSA) is 0 Å². The number of rotatable bonds is 2. The van der Waals surface area contributed by atoms with E-state index < -0.39 is 0 Å². The molecule has 0 saturated heterocycles. The van der Waals surface area contributed by atoms with Crippen molar-refractivity contribution in [3.05, 3.63) is 24.3 Å². The van der Waals surface area contributed by atoms with Crippen molar-refractivity contribution in [2.45, 2.75) is 13.3 Å². The molecule has 0 spiro atoms. The third-order valence-corrected chi connectivity index (χ3v) is 1.94. The van der Waals surface area contributed by atoms with Crippen molar-refractivity contribution in [1.29, 1.82) is 0 Å². The van der Waals surface area contributed by atoms with Gasteiger partial charge < -0.3 is 6.92 Å². The van der Waals surface area contributed by atoms with Crippen molar-refractivity contribution in [3.8, 4) is 0 Å². The number of hydrogen-bond acceptors (Lipinski definition) is 1. The van der Waals surface area contributed by atoms with Crippen molar-refractivity contribution < 1.29 is 32.7 Å². The molecule has 0 saturated carbocycles. The molecule has 0 atom stereocenters. The van der Waals surface area contributed by atoms with Crippen molar-refractivity contribution >= 4 is 11.8 Å².